The molecule has 112 valence electrons. The SMILES string of the molecule is Cc1cc2nc(N3CC(S(=O)(=O)Cl)CC3=O)sc2cc1C. The van der Waals surface area contributed by atoms with E-state index in [9.17, 15) is 13.2 Å². The average molecular weight is 345 g/mol. The number of rotatable bonds is 2. The number of aryl methyl sites for hydroxylation is 2. The fraction of sp³-hybridized carbons (Fsp3) is 0.385. The smallest absolute Gasteiger partial charge is 0.237 e. The number of hydrogen-bond acceptors (Lipinski definition) is 5. The zero-order valence-electron chi connectivity index (χ0n) is 11.5. The third-order valence-electron chi connectivity index (χ3n) is 3.71. The molecule has 2 heterocycles. The molecule has 0 N–H and O–H groups in total. The Morgan fingerprint density at radius 2 is 2.00 bits per heavy atom. The van der Waals surface area contributed by atoms with Gasteiger partial charge in [-0.05, 0) is 37.1 Å². The van der Waals surface area contributed by atoms with E-state index < -0.39 is 14.3 Å². The molecule has 21 heavy (non-hydrogen) atoms. The number of anilines is 1. The van der Waals surface area contributed by atoms with Crippen LogP contribution in [0.5, 0.6) is 0 Å². The van der Waals surface area contributed by atoms with Crippen molar-refractivity contribution in [1.29, 1.82) is 0 Å². The Morgan fingerprint density at radius 1 is 1.33 bits per heavy atom. The fourth-order valence-electron chi connectivity index (χ4n) is 2.33. The van der Waals surface area contributed by atoms with Crippen LogP contribution in [0.3, 0.4) is 0 Å². The van der Waals surface area contributed by atoms with Gasteiger partial charge in [0.25, 0.3) is 0 Å². The van der Waals surface area contributed by atoms with E-state index in [0.29, 0.717) is 5.13 Å². The molecule has 0 radical (unpaired) electrons. The molecule has 1 aromatic carbocycles. The molecular weight excluding hydrogens is 332 g/mol. The lowest BCUT2D eigenvalue weighted by atomic mass is 10.1. The minimum absolute atomic E-state index is 0.0719. The van der Waals surface area contributed by atoms with Crippen LogP contribution in [-0.4, -0.2) is 31.1 Å². The van der Waals surface area contributed by atoms with E-state index in [0.717, 1.165) is 21.3 Å². The minimum atomic E-state index is -3.73. The number of benzene rings is 1. The summed E-state index contributed by atoms with van der Waals surface area (Å²) < 4.78 is 23.8. The second kappa shape index (κ2) is 4.93. The maximum absolute atomic E-state index is 12.0. The second-order valence-corrected chi connectivity index (χ2v) is 9.12. The molecule has 1 unspecified atom stereocenters. The van der Waals surface area contributed by atoms with E-state index in [-0.39, 0.29) is 18.9 Å². The zero-order valence-corrected chi connectivity index (χ0v) is 13.8. The Hall–Kier alpha value is -1.18. The van der Waals surface area contributed by atoms with E-state index in [2.05, 4.69) is 4.98 Å². The first-order chi connectivity index (χ1) is 9.75. The Bertz CT molecular complexity index is 805. The van der Waals surface area contributed by atoms with Gasteiger partial charge in [0.15, 0.2) is 5.13 Å². The standard InChI is InChI=1S/C13H13ClN2O3S2/c1-7-3-10-11(4-8(7)2)20-13(15-10)16-6-9(5-12(16)17)21(14,18)19/h3-4,9H,5-6H2,1-2H3. The Balaban J connectivity index is 1.99. The predicted molar refractivity (Wildman–Crippen MR) is 84.6 cm³/mol. The molecule has 5 nitrogen and oxygen atoms in total. The predicted octanol–water partition coefficient (Wildman–Crippen LogP) is 2.59. The topological polar surface area (TPSA) is 67.3 Å². The van der Waals surface area contributed by atoms with Crippen molar-refractivity contribution >= 4 is 52.3 Å². The van der Waals surface area contributed by atoms with Gasteiger partial charge >= 0.3 is 0 Å². The van der Waals surface area contributed by atoms with Crippen molar-refractivity contribution in [3.63, 3.8) is 0 Å². The first-order valence-electron chi connectivity index (χ1n) is 6.37. The van der Waals surface area contributed by atoms with Gasteiger partial charge in [0.05, 0.1) is 10.2 Å². The van der Waals surface area contributed by atoms with Crippen LogP contribution in [0, 0.1) is 13.8 Å². The van der Waals surface area contributed by atoms with E-state index in [1.54, 1.807) is 0 Å². The van der Waals surface area contributed by atoms with Crippen LogP contribution in [0.1, 0.15) is 17.5 Å². The first kappa shape index (κ1) is 14.7. The molecule has 8 heteroatoms. The number of hydrogen-bond donors (Lipinski definition) is 0. The van der Waals surface area contributed by atoms with Crippen LogP contribution >= 0.6 is 22.0 Å². The lowest BCUT2D eigenvalue weighted by molar-refractivity contribution is -0.117. The monoisotopic (exact) mass is 344 g/mol. The molecule has 1 atom stereocenters. The van der Waals surface area contributed by atoms with Gasteiger partial charge in [-0.3, -0.25) is 9.69 Å². The highest BCUT2D eigenvalue weighted by Gasteiger charge is 2.39. The van der Waals surface area contributed by atoms with Crippen LogP contribution in [-0.2, 0) is 13.8 Å². The number of carbonyl (C=O) groups excluding carboxylic acids is 1. The highest BCUT2D eigenvalue weighted by molar-refractivity contribution is 8.14. The summed E-state index contributed by atoms with van der Waals surface area (Å²) in [5.41, 5.74) is 3.11. The van der Waals surface area contributed by atoms with Crippen molar-refractivity contribution in [3.8, 4) is 0 Å². The number of carbonyl (C=O) groups is 1. The summed E-state index contributed by atoms with van der Waals surface area (Å²) in [6, 6.07) is 4.00. The molecular formula is C13H13ClN2O3S2. The van der Waals surface area contributed by atoms with Gasteiger partial charge in [0.2, 0.25) is 15.0 Å². The molecule has 1 aliphatic rings. The molecule has 1 fully saturated rings. The van der Waals surface area contributed by atoms with Crippen LogP contribution in [0.25, 0.3) is 10.2 Å². The highest BCUT2D eigenvalue weighted by Crippen LogP contribution is 2.34. The lowest BCUT2D eigenvalue weighted by Gasteiger charge is -2.11. The number of fused-ring (bicyclic) bond motifs is 1. The largest absolute Gasteiger partial charge is 0.287 e. The number of halogens is 1. The van der Waals surface area contributed by atoms with Crippen molar-refractivity contribution in [1.82, 2.24) is 4.98 Å². The highest BCUT2D eigenvalue weighted by atomic mass is 35.7. The summed E-state index contributed by atoms with van der Waals surface area (Å²) in [6.45, 7) is 4.10. The second-order valence-electron chi connectivity index (χ2n) is 5.21. The van der Waals surface area contributed by atoms with Crippen molar-refractivity contribution in [2.24, 2.45) is 0 Å². The van der Waals surface area contributed by atoms with E-state index in [4.69, 9.17) is 10.7 Å². The summed E-state index contributed by atoms with van der Waals surface area (Å²) in [6.07, 6.45) is -0.0835. The van der Waals surface area contributed by atoms with Gasteiger partial charge in [0, 0.05) is 23.6 Å². The molecule has 1 aliphatic heterocycles. The quantitative estimate of drug-likeness (QED) is 0.785. The van der Waals surface area contributed by atoms with Gasteiger partial charge in [-0.2, -0.15) is 0 Å². The molecule has 1 saturated heterocycles. The van der Waals surface area contributed by atoms with Crippen molar-refractivity contribution in [2.75, 3.05) is 11.4 Å². The van der Waals surface area contributed by atoms with Crippen LogP contribution < -0.4 is 4.90 Å². The summed E-state index contributed by atoms with van der Waals surface area (Å²) in [7, 11) is 1.62. The van der Waals surface area contributed by atoms with Gasteiger partial charge in [-0.25, -0.2) is 13.4 Å². The van der Waals surface area contributed by atoms with Gasteiger partial charge in [0.1, 0.15) is 5.25 Å². The summed E-state index contributed by atoms with van der Waals surface area (Å²) in [4.78, 5) is 17.9. The molecule has 0 spiro atoms. The van der Waals surface area contributed by atoms with E-state index >= 15 is 0 Å². The minimum Gasteiger partial charge on any atom is -0.287 e. The van der Waals surface area contributed by atoms with Crippen LogP contribution in [0.15, 0.2) is 12.1 Å². The zero-order chi connectivity index (χ0) is 15.4. The van der Waals surface area contributed by atoms with Gasteiger partial charge in [-0.15, -0.1) is 0 Å². The summed E-state index contributed by atoms with van der Waals surface area (Å²) >= 11 is 1.39. The fourth-order valence-corrected chi connectivity index (χ4v) is 4.43. The van der Waals surface area contributed by atoms with Gasteiger partial charge in [-0.1, -0.05) is 11.3 Å². The van der Waals surface area contributed by atoms with Crippen molar-refractivity contribution in [3.05, 3.63) is 23.3 Å². The Morgan fingerprint density at radius 3 is 2.62 bits per heavy atom. The lowest BCUT2D eigenvalue weighted by Crippen LogP contribution is -2.26. The number of thiazole rings is 1. The summed E-state index contributed by atoms with van der Waals surface area (Å²) in [5.74, 6) is -0.253. The summed E-state index contributed by atoms with van der Waals surface area (Å²) in [5, 5.41) is -0.329. The molecule has 0 bridgehead atoms. The normalized spacial score (nSPS) is 19.7. The first-order valence-corrected chi connectivity index (χ1v) is 9.56. The van der Waals surface area contributed by atoms with Crippen molar-refractivity contribution < 1.29 is 13.2 Å². The Labute approximate surface area is 131 Å². The number of amides is 1. The van der Waals surface area contributed by atoms with E-state index in [1.807, 2.05) is 26.0 Å². The number of aromatic nitrogens is 1. The maximum Gasteiger partial charge on any atom is 0.237 e. The van der Waals surface area contributed by atoms with Crippen LogP contribution in [0.4, 0.5) is 5.13 Å². The van der Waals surface area contributed by atoms with Gasteiger partial charge < -0.3 is 0 Å². The third-order valence-corrected chi connectivity index (χ3v) is 6.62. The molecule has 1 aromatic heterocycles. The van der Waals surface area contributed by atoms with Crippen molar-refractivity contribution in [2.45, 2.75) is 25.5 Å². The van der Waals surface area contributed by atoms with E-state index in [1.165, 1.54) is 16.2 Å². The molecule has 3 rings (SSSR count). The molecule has 0 aliphatic carbocycles. The Kier molecular flexibility index (Phi) is 3.46. The molecule has 1 amide bonds. The third kappa shape index (κ3) is 2.65. The molecule has 2 aromatic rings. The average Bonchev–Trinajstić information content (AvgIpc) is 2.92. The van der Waals surface area contributed by atoms with Crippen LogP contribution in [0.2, 0.25) is 0 Å². The maximum atomic E-state index is 12.0. The molecule has 0 saturated carbocycles. The number of nitrogens with zero attached hydrogens (tertiary/aromatic N) is 2.